The molecule has 1 unspecified atom stereocenters. The molecule has 15 heavy (non-hydrogen) atoms. The van der Waals surface area contributed by atoms with Gasteiger partial charge in [-0.15, -0.1) is 0 Å². The summed E-state index contributed by atoms with van der Waals surface area (Å²) in [5, 5.41) is 3.46. The molecule has 0 spiro atoms. The van der Waals surface area contributed by atoms with Crippen LogP contribution in [0.4, 0.5) is 5.69 Å². The van der Waals surface area contributed by atoms with E-state index in [9.17, 15) is 0 Å². The van der Waals surface area contributed by atoms with E-state index in [0.717, 1.165) is 30.6 Å². The maximum absolute atomic E-state index is 5.85. The summed E-state index contributed by atoms with van der Waals surface area (Å²) in [6.07, 6.45) is 6.88. The van der Waals surface area contributed by atoms with Gasteiger partial charge in [-0.2, -0.15) is 0 Å². The van der Waals surface area contributed by atoms with Crippen LogP contribution in [0.3, 0.4) is 0 Å². The Morgan fingerprint density at radius 2 is 2.33 bits per heavy atom. The lowest BCUT2D eigenvalue weighted by atomic mass is 10.1. The minimum atomic E-state index is 0.546. The van der Waals surface area contributed by atoms with Gasteiger partial charge in [0.25, 0.3) is 0 Å². The van der Waals surface area contributed by atoms with E-state index in [-0.39, 0.29) is 0 Å². The molecule has 3 N–H and O–H groups in total. The third kappa shape index (κ3) is 4.30. The molecule has 1 atom stereocenters. The molecule has 1 rings (SSSR count). The molecule has 0 aliphatic carbocycles. The van der Waals surface area contributed by atoms with Gasteiger partial charge >= 0.3 is 0 Å². The summed E-state index contributed by atoms with van der Waals surface area (Å²) in [6.45, 7) is 5.48. The van der Waals surface area contributed by atoms with Gasteiger partial charge in [0, 0.05) is 24.1 Å². The Labute approximate surface area is 92.1 Å². The van der Waals surface area contributed by atoms with E-state index in [0.29, 0.717) is 6.04 Å². The summed E-state index contributed by atoms with van der Waals surface area (Å²) in [5.41, 5.74) is 7.86. The second-order valence-corrected chi connectivity index (χ2v) is 3.97. The lowest BCUT2D eigenvalue weighted by Gasteiger charge is -2.13. The van der Waals surface area contributed by atoms with E-state index >= 15 is 0 Å². The van der Waals surface area contributed by atoms with Crippen molar-refractivity contribution in [2.24, 2.45) is 0 Å². The fraction of sp³-hybridized carbons (Fsp3) is 0.583. The summed E-state index contributed by atoms with van der Waals surface area (Å²) in [4.78, 5) is 4.09. The molecule has 3 heteroatoms. The minimum absolute atomic E-state index is 0.546. The number of hydrogen-bond donors (Lipinski definition) is 2. The molecule has 0 bridgehead atoms. The average molecular weight is 207 g/mol. The van der Waals surface area contributed by atoms with Crippen LogP contribution in [0.2, 0.25) is 0 Å². The van der Waals surface area contributed by atoms with Crippen LogP contribution >= 0.6 is 0 Å². The van der Waals surface area contributed by atoms with Gasteiger partial charge < -0.3 is 11.1 Å². The lowest BCUT2D eigenvalue weighted by Crippen LogP contribution is -2.27. The highest BCUT2D eigenvalue weighted by molar-refractivity contribution is 5.44. The Morgan fingerprint density at radius 3 is 3.00 bits per heavy atom. The summed E-state index contributed by atoms with van der Waals surface area (Å²) in [6, 6.07) is 2.41. The van der Waals surface area contributed by atoms with Crippen LogP contribution in [0.25, 0.3) is 0 Å². The van der Waals surface area contributed by atoms with Gasteiger partial charge in [-0.3, -0.25) is 4.98 Å². The van der Waals surface area contributed by atoms with Crippen molar-refractivity contribution < 1.29 is 0 Å². The van der Waals surface area contributed by atoms with Gasteiger partial charge in [0.2, 0.25) is 0 Å². The number of anilines is 1. The molecule has 1 aromatic heterocycles. The first-order chi connectivity index (χ1) is 7.24. The number of rotatable bonds is 6. The molecule has 0 saturated heterocycles. The molecule has 0 aliphatic heterocycles. The molecule has 0 radical (unpaired) electrons. The smallest absolute Gasteiger partial charge is 0.0377 e. The number of nitrogens with two attached hydrogens (primary N) is 1. The number of aromatic nitrogens is 1. The zero-order valence-electron chi connectivity index (χ0n) is 9.66. The van der Waals surface area contributed by atoms with Crippen molar-refractivity contribution in [1.82, 2.24) is 10.3 Å². The van der Waals surface area contributed by atoms with Gasteiger partial charge in [0.1, 0.15) is 0 Å². The van der Waals surface area contributed by atoms with Crippen molar-refractivity contribution in [1.29, 1.82) is 0 Å². The first kappa shape index (κ1) is 12.0. The van der Waals surface area contributed by atoms with Crippen LogP contribution in [0.15, 0.2) is 18.5 Å². The van der Waals surface area contributed by atoms with E-state index in [1.165, 1.54) is 6.42 Å². The van der Waals surface area contributed by atoms with Crippen molar-refractivity contribution in [3.63, 3.8) is 0 Å². The Hall–Kier alpha value is -1.09. The van der Waals surface area contributed by atoms with Crippen LogP contribution < -0.4 is 11.1 Å². The van der Waals surface area contributed by atoms with Crippen LogP contribution in [-0.2, 0) is 6.42 Å². The van der Waals surface area contributed by atoms with E-state index in [2.05, 4.69) is 24.1 Å². The fourth-order valence-electron chi connectivity index (χ4n) is 1.51. The van der Waals surface area contributed by atoms with Gasteiger partial charge in [-0.25, -0.2) is 0 Å². The number of aryl methyl sites for hydroxylation is 1. The Morgan fingerprint density at radius 1 is 1.53 bits per heavy atom. The highest BCUT2D eigenvalue weighted by Gasteiger charge is 2.03. The molecule has 1 aromatic rings. The van der Waals surface area contributed by atoms with Crippen molar-refractivity contribution in [2.75, 3.05) is 12.3 Å². The molecular formula is C12H21N3. The number of nitrogen functional groups attached to an aromatic ring is 1. The van der Waals surface area contributed by atoms with Gasteiger partial charge in [0.05, 0.1) is 0 Å². The Balaban J connectivity index is 2.33. The van der Waals surface area contributed by atoms with Crippen LogP contribution in [0, 0.1) is 0 Å². The molecule has 0 aliphatic rings. The Kier molecular flexibility index (Phi) is 5.12. The molecular weight excluding hydrogens is 186 g/mol. The predicted molar refractivity (Wildman–Crippen MR) is 64.7 cm³/mol. The van der Waals surface area contributed by atoms with E-state index in [1.807, 2.05) is 12.3 Å². The molecule has 84 valence electrons. The topological polar surface area (TPSA) is 50.9 Å². The highest BCUT2D eigenvalue weighted by Crippen LogP contribution is 2.11. The second-order valence-electron chi connectivity index (χ2n) is 3.97. The van der Waals surface area contributed by atoms with Gasteiger partial charge in [-0.05, 0) is 44.4 Å². The summed E-state index contributed by atoms with van der Waals surface area (Å²) in [7, 11) is 0. The average Bonchev–Trinajstić information content (AvgIpc) is 2.25. The Bertz CT molecular complexity index is 286. The van der Waals surface area contributed by atoms with Gasteiger partial charge in [0.15, 0.2) is 0 Å². The number of nitrogens with one attached hydrogen (secondary N) is 1. The number of hydrogen-bond acceptors (Lipinski definition) is 3. The van der Waals surface area contributed by atoms with Crippen molar-refractivity contribution in [3.8, 4) is 0 Å². The first-order valence-electron chi connectivity index (χ1n) is 5.65. The van der Waals surface area contributed by atoms with E-state index < -0.39 is 0 Å². The third-order valence-electron chi connectivity index (χ3n) is 2.53. The molecule has 1 heterocycles. The summed E-state index contributed by atoms with van der Waals surface area (Å²) in [5.74, 6) is 0. The maximum atomic E-state index is 5.85. The largest absolute Gasteiger partial charge is 0.398 e. The third-order valence-corrected chi connectivity index (χ3v) is 2.53. The normalized spacial score (nSPS) is 12.7. The fourth-order valence-corrected chi connectivity index (χ4v) is 1.51. The molecule has 0 aromatic carbocycles. The van der Waals surface area contributed by atoms with E-state index in [1.54, 1.807) is 6.20 Å². The summed E-state index contributed by atoms with van der Waals surface area (Å²) >= 11 is 0. The lowest BCUT2D eigenvalue weighted by molar-refractivity contribution is 0.514. The second kappa shape index (κ2) is 6.40. The monoisotopic (exact) mass is 207 g/mol. The summed E-state index contributed by atoms with van der Waals surface area (Å²) < 4.78 is 0. The van der Waals surface area contributed by atoms with Crippen LogP contribution in [0.5, 0.6) is 0 Å². The SMILES string of the molecule is CCCNC(C)CCc1cnccc1N. The molecule has 0 fully saturated rings. The van der Waals surface area contributed by atoms with Crippen molar-refractivity contribution in [3.05, 3.63) is 24.0 Å². The number of nitrogens with zero attached hydrogens (tertiary/aromatic N) is 1. The molecule has 3 nitrogen and oxygen atoms in total. The molecule has 0 amide bonds. The van der Waals surface area contributed by atoms with Crippen molar-refractivity contribution in [2.45, 2.75) is 39.2 Å². The highest BCUT2D eigenvalue weighted by atomic mass is 14.9. The van der Waals surface area contributed by atoms with Crippen LogP contribution in [0.1, 0.15) is 32.3 Å². The predicted octanol–water partition coefficient (Wildman–Crippen LogP) is 1.98. The standard InChI is InChI=1S/C12H21N3/c1-3-7-15-10(2)4-5-11-9-14-8-6-12(11)13/h6,8-10,15H,3-5,7H2,1-2H3,(H2,13,14). The van der Waals surface area contributed by atoms with E-state index in [4.69, 9.17) is 5.73 Å². The zero-order valence-corrected chi connectivity index (χ0v) is 9.66. The van der Waals surface area contributed by atoms with Gasteiger partial charge in [-0.1, -0.05) is 6.92 Å². The maximum Gasteiger partial charge on any atom is 0.0377 e. The zero-order chi connectivity index (χ0) is 11.1. The molecule has 0 saturated carbocycles. The minimum Gasteiger partial charge on any atom is -0.398 e. The quantitative estimate of drug-likeness (QED) is 0.750. The van der Waals surface area contributed by atoms with Crippen molar-refractivity contribution >= 4 is 5.69 Å². The first-order valence-corrected chi connectivity index (χ1v) is 5.65. The number of pyridine rings is 1. The van der Waals surface area contributed by atoms with Crippen LogP contribution in [-0.4, -0.2) is 17.6 Å².